The van der Waals surface area contributed by atoms with Gasteiger partial charge in [0.2, 0.25) is 0 Å². The molecule has 0 atom stereocenters. The van der Waals surface area contributed by atoms with Crippen molar-refractivity contribution in [3.8, 4) is 5.75 Å². The normalized spacial score (nSPS) is 14.4. The Morgan fingerprint density at radius 2 is 1.39 bits per heavy atom. The van der Waals surface area contributed by atoms with E-state index in [1.165, 1.54) is 36.4 Å². The van der Waals surface area contributed by atoms with E-state index < -0.39 is 17.7 Å². The molecule has 0 spiro atoms. The van der Waals surface area contributed by atoms with Crippen molar-refractivity contribution in [2.75, 3.05) is 4.90 Å². The number of imide groups is 1. The fourth-order valence-corrected chi connectivity index (χ4v) is 3.52. The number of benzene rings is 2. The maximum atomic E-state index is 12.5. The number of nitrogens with zero attached hydrogens (tertiary/aromatic N) is 2. The van der Waals surface area contributed by atoms with Gasteiger partial charge in [0.05, 0.1) is 11.9 Å². The van der Waals surface area contributed by atoms with Crippen LogP contribution in [0.5, 0.6) is 5.75 Å². The monoisotopic (exact) mass is 447 g/mol. The van der Waals surface area contributed by atoms with Crippen LogP contribution >= 0.6 is 0 Å². The van der Waals surface area contributed by atoms with Gasteiger partial charge < -0.3 is 5.11 Å². The molecular formula is C26H29N3O4. The largest absolute Gasteiger partial charge is 0.507 e. The van der Waals surface area contributed by atoms with Crippen LogP contribution in [0.15, 0.2) is 53.7 Å². The zero-order chi connectivity index (χ0) is 24.6. The summed E-state index contributed by atoms with van der Waals surface area (Å²) >= 11 is 0. The van der Waals surface area contributed by atoms with Crippen molar-refractivity contribution in [2.24, 2.45) is 5.10 Å². The van der Waals surface area contributed by atoms with Gasteiger partial charge in [-0.1, -0.05) is 41.5 Å². The maximum absolute atomic E-state index is 12.5. The third-order valence-corrected chi connectivity index (χ3v) is 5.32. The molecule has 2 aromatic rings. The zero-order valence-corrected chi connectivity index (χ0v) is 19.8. The quantitative estimate of drug-likeness (QED) is 0.417. The van der Waals surface area contributed by atoms with Gasteiger partial charge in [0.15, 0.2) is 0 Å². The number of aromatic hydroxyl groups is 1. The van der Waals surface area contributed by atoms with Crippen molar-refractivity contribution >= 4 is 29.6 Å². The highest BCUT2D eigenvalue weighted by Crippen LogP contribution is 2.39. The van der Waals surface area contributed by atoms with Crippen LogP contribution in [0, 0.1) is 0 Å². The molecule has 3 amide bonds. The molecule has 2 N–H and O–H groups in total. The molecule has 0 saturated carbocycles. The van der Waals surface area contributed by atoms with E-state index in [1.54, 1.807) is 6.21 Å². The van der Waals surface area contributed by atoms with E-state index >= 15 is 0 Å². The second kappa shape index (κ2) is 8.65. The lowest BCUT2D eigenvalue weighted by Crippen LogP contribution is -2.29. The highest BCUT2D eigenvalue weighted by molar-refractivity contribution is 6.28. The Labute approximate surface area is 193 Å². The molecule has 0 radical (unpaired) electrons. The molecule has 1 aliphatic heterocycles. The first kappa shape index (κ1) is 23.9. The second-order valence-corrected chi connectivity index (χ2v) is 10.1. The van der Waals surface area contributed by atoms with Crippen LogP contribution in [0.4, 0.5) is 5.69 Å². The van der Waals surface area contributed by atoms with E-state index in [2.05, 4.69) is 10.5 Å². The number of carbonyl (C=O) groups excluding carboxylic acids is 3. The van der Waals surface area contributed by atoms with Gasteiger partial charge in [0.1, 0.15) is 5.75 Å². The minimum atomic E-state index is -0.430. The molecule has 33 heavy (non-hydrogen) atoms. The first-order chi connectivity index (χ1) is 15.3. The average Bonchev–Trinajstić information content (AvgIpc) is 3.05. The lowest BCUT2D eigenvalue weighted by molar-refractivity contribution is -0.119. The van der Waals surface area contributed by atoms with Crippen LogP contribution < -0.4 is 10.3 Å². The van der Waals surface area contributed by atoms with Gasteiger partial charge in [-0.2, -0.15) is 5.10 Å². The summed E-state index contributed by atoms with van der Waals surface area (Å²) in [6.07, 6.45) is 3.96. The van der Waals surface area contributed by atoms with Gasteiger partial charge in [-0.15, -0.1) is 0 Å². The highest BCUT2D eigenvalue weighted by Gasteiger charge is 2.27. The molecule has 2 aromatic carbocycles. The zero-order valence-electron chi connectivity index (χ0n) is 19.8. The fraction of sp³-hybridized carbons (Fsp3) is 0.308. The molecule has 0 fully saturated rings. The third-order valence-electron chi connectivity index (χ3n) is 5.32. The van der Waals surface area contributed by atoms with Crippen LogP contribution in [-0.2, 0) is 20.4 Å². The molecule has 172 valence electrons. The summed E-state index contributed by atoms with van der Waals surface area (Å²) in [4.78, 5) is 37.1. The van der Waals surface area contributed by atoms with Crippen LogP contribution in [0.25, 0.3) is 0 Å². The summed E-state index contributed by atoms with van der Waals surface area (Å²) in [5.41, 5.74) is 5.05. The van der Waals surface area contributed by atoms with Crippen molar-refractivity contribution in [2.45, 2.75) is 52.4 Å². The number of hydrogen-bond acceptors (Lipinski definition) is 5. The molecule has 1 aliphatic rings. The fourth-order valence-electron chi connectivity index (χ4n) is 3.52. The van der Waals surface area contributed by atoms with E-state index in [9.17, 15) is 19.5 Å². The number of hydrazone groups is 1. The molecule has 1 heterocycles. The summed E-state index contributed by atoms with van der Waals surface area (Å²) in [5, 5.41) is 14.9. The van der Waals surface area contributed by atoms with E-state index in [4.69, 9.17) is 0 Å². The number of carbonyl (C=O) groups is 3. The number of anilines is 1. The lowest BCUT2D eigenvalue weighted by atomic mass is 9.78. The smallest absolute Gasteiger partial charge is 0.271 e. The van der Waals surface area contributed by atoms with E-state index in [-0.39, 0.29) is 16.6 Å². The van der Waals surface area contributed by atoms with Gasteiger partial charge in [-0.3, -0.25) is 14.4 Å². The molecule has 3 rings (SSSR count). The molecule has 0 aromatic heterocycles. The highest BCUT2D eigenvalue weighted by atomic mass is 16.3. The third kappa shape index (κ3) is 5.19. The molecule has 0 unspecified atom stereocenters. The van der Waals surface area contributed by atoms with Crippen LogP contribution in [0.2, 0.25) is 0 Å². The molecule has 0 bridgehead atoms. The maximum Gasteiger partial charge on any atom is 0.271 e. The lowest BCUT2D eigenvalue weighted by Gasteiger charge is -2.27. The minimum absolute atomic E-state index is 0.271. The Hall–Kier alpha value is -3.74. The number of rotatable bonds is 4. The molecule has 7 heteroatoms. The number of amides is 3. The molecule has 0 saturated heterocycles. The summed E-state index contributed by atoms with van der Waals surface area (Å²) < 4.78 is 0. The Morgan fingerprint density at radius 1 is 0.909 bits per heavy atom. The first-order valence-corrected chi connectivity index (χ1v) is 10.7. The van der Waals surface area contributed by atoms with Crippen molar-refractivity contribution in [1.82, 2.24) is 5.43 Å². The predicted octanol–water partition coefficient (Wildman–Crippen LogP) is 4.18. The van der Waals surface area contributed by atoms with E-state index in [1.807, 2.05) is 53.7 Å². The Balaban J connectivity index is 1.78. The topological polar surface area (TPSA) is 99.1 Å². The van der Waals surface area contributed by atoms with Gasteiger partial charge in [0.25, 0.3) is 17.7 Å². The number of phenolic OH excluding ortho intramolecular Hbond substituents is 1. The van der Waals surface area contributed by atoms with Gasteiger partial charge >= 0.3 is 0 Å². The number of phenols is 1. The van der Waals surface area contributed by atoms with Gasteiger partial charge in [0, 0.05) is 28.8 Å². The average molecular weight is 448 g/mol. The van der Waals surface area contributed by atoms with Crippen molar-refractivity contribution in [3.05, 3.63) is 70.8 Å². The second-order valence-electron chi connectivity index (χ2n) is 10.1. The molecule has 0 aliphatic carbocycles. The Kier molecular flexibility index (Phi) is 6.27. The SMILES string of the molecule is CC(C)(C)c1cc(/C=N/NC(=O)c2ccc(N3C(=O)C=CC3=O)cc2)cc(C(C)(C)C)c1O. The summed E-state index contributed by atoms with van der Waals surface area (Å²) in [6.45, 7) is 12.2. The van der Waals surface area contributed by atoms with E-state index in [0.29, 0.717) is 11.3 Å². The van der Waals surface area contributed by atoms with Crippen molar-refractivity contribution in [3.63, 3.8) is 0 Å². The minimum Gasteiger partial charge on any atom is -0.507 e. The number of nitrogens with one attached hydrogen (secondary N) is 1. The van der Waals surface area contributed by atoms with Gasteiger partial charge in [-0.05, 0) is 52.8 Å². The standard InChI is InChI=1S/C26H29N3O4/c1-25(2,3)19-13-16(14-20(23(19)32)26(4,5)6)15-27-28-24(33)17-7-9-18(10-8-17)29-21(30)11-12-22(29)31/h7-15,32H,1-6H3,(H,28,33)/b27-15+. The van der Waals surface area contributed by atoms with Crippen molar-refractivity contribution in [1.29, 1.82) is 0 Å². The predicted molar refractivity (Wildman–Crippen MR) is 129 cm³/mol. The summed E-state index contributed by atoms with van der Waals surface area (Å²) in [6, 6.07) is 9.85. The Morgan fingerprint density at radius 3 is 1.85 bits per heavy atom. The van der Waals surface area contributed by atoms with Crippen LogP contribution in [0.3, 0.4) is 0 Å². The Bertz CT molecular complexity index is 1110. The number of hydrogen-bond donors (Lipinski definition) is 2. The van der Waals surface area contributed by atoms with Gasteiger partial charge in [-0.25, -0.2) is 10.3 Å². The molecular weight excluding hydrogens is 418 g/mol. The van der Waals surface area contributed by atoms with Crippen LogP contribution in [-0.4, -0.2) is 29.0 Å². The first-order valence-electron chi connectivity index (χ1n) is 10.7. The summed E-state index contributed by atoms with van der Waals surface area (Å²) in [5.74, 6) is -0.984. The summed E-state index contributed by atoms with van der Waals surface area (Å²) in [7, 11) is 0. The molecule has 7 nitrogen and oxygen atoms in total. The van der Waals surface area contributed by atoms with E-state index in [0.717, 1.165) is 21.6 Å². The van der Waals surface area contributed by atoms with Crippen molar-refractivity contribution < 1.29 is 19.5 Å². The van der Waals surface area contributed by atoms with Crippen LogP contribution in [0.1, 0.15) is 68.6 Å².